The fraction of sp³-hybridized carbons (Fsp3) is 0.333. The number of hydrogen-bond donors (Lipinski definition) is 1. The smallest absolute Gasteiger partial charge is 0.201 e. The van der Waals surface area contributed by atoms with E-state index in [9.17, 15) is 9.65 Å². The standard InChI is InChI=1S/C24H23ClFN7O.ClH/c1-14-24(30-31-33(14)18-5-7-28-8-6-18)16-9-22-29-13-19(12-27)32(22)23(10-16)34-15(2)20-4-3-17(26)11-21(20)25;/h3-4,9-11,13,15,18,28H,5-8H2,1-2H3;1H/t15-;/m1./s1. The number of aromatic nitrogens is 5. The van der Waals surface area contributed by atoms with Crippen molar-refractivity contribution in [1.82, 2.24) is 29.7 Å². The van der Waals surface area contributed by atoms with Crippen molar-refractivity contribution in [3.63, 3.8) is 0 Å². The molecule has 11 heteroatoms. The van der Waals surface area contributed by atoms with Gasteiger partial charge in [-0.1, -0.05) is 22.9 Å². The number of fused-ring (bicyclic) bond motifs is 1. The minimum Gasteiger partial charge on any atom is -0.471 e. The first-order chi connectivity index (χ1) is 16.5. The second kappa shape index (κ2) is 10.2. The topological polar surface area (TPSA) is 93.1 Å². The van der Waals surface area contributed by atoms with Crippen molar-refractivity contribution in [2.45, 2.75) is 38.8 Å². The highest BCUT2D eigenvalue weighted by atomic mass is 35.5. The van der Waals surface area contributed by atoms with E-state index in [1.54, 1.807) is 10.5 Å². The Labute approximate surface area is 213 Å². The molecule has 0 bridgehead atoms. The van der Waals surface area contributed by atoms with Crippen molar-refractivity contribution in [2.75, 3.05) is 13.1 Å². The number of pyridine rings is 1. The van der Waals surface area contributed by atoms with Gasteiger partial charge in [0, 0.05) is 17.2 Å². The molecule has 0 saturated carbocycles. The van der Waals surface area contributed by atoms with E-state index in [0.717, 1.165) is 42.9 Å². The van der Waals surface area contributed by atoms with Crippen LogP contribution in [0.4, 0.5) is 4.39 Å². The van der Waals surface area contributed by atoms with Gasteiger partial charge in [-0.05, 0) is 58.0 Å². The molecular formula is C24H24Cl2FN7O. The Kier molecular flexibility index (Phi) is 7.26. The molecule has 8 nitrogen and oxygen atoms in total. The molecule has 4 aromatic rings. The summed E-state index contributed by atoms with van der Waals surface area (Å²) >= 11 is 6.25. The van der Waals surface area contributed by atoms with Gasteiger partial charge in [-0.2, -0.15) is 5.26 Å². The maximum atomic E-state index is 13.5. The molecule has 0 radical (unpaired) electrons. The summed E-state index contributed by atoms with van der Waals surface area (Å²) in [5.74, 6) is -0.00993. The summed E-state index contributed by atoms with van der Waals surface area (Å²) in [6, 6.07) is 10.3. The van der Waals surface area contributed by atoms with E-state index in [1.807, 2.05) is 30.7 Å². The lowest BCUT2D eigenvalue weighted by molar-refractivity contribution is 0.214. The van der Waals surface area contributed by atoms with E-state index in [4.69, 9.17) is 16.3 Å². The summed E-state index contributed by atoms with van der Waals surface area (Å²) in [5, 5.41) is 22.1. The van der Waals surface area contributed by atoms with E-state index < -0.39 is 11.9 Å². The van der Waals surface area contributed by atoms with Gasteiger partial charge < -0.3 is 10.1 Å². The number of nitriles is 1. The quantitative estimate of drug-likeness (QED) is 0.399. The molecule has 0 aliphatic carbocycles. The van der Waals surface area contributed by atoms with Gasteiger partial charge in [0.05, 0.1) is 23.0 Å². The van der Waals surface area contributed by atoms with Gasteiger partial charge in [0.15, 0.2) is 0 Å². The number of piperidine rings is 1. The number of hydrogen-bond acceptors (Lipinski definition) is 6. The van der Waals surface area contributed by atoms with Crippen LogP contribution in [0.2, 0.25) is 5.02 Å². The number of nitrogens with one attached hydrogen (secondary N) is 1. The summed E-state index contributed by atoms with van der Waals surface area (Å²) in [4.78, 5) is 4.39. The zero-order valence-electron chi connectivity index (χ0n) is 19.2. The lowest BCUT2D eigenvalue weighted by Gasteiger charge is -2.23. The molecule has 35 heavy (non-hydrogen) atoms. The van der Waals surface area contributed by atoms with Gasteiger partial charge in [-0.15, -0.1) is 17.5 Å². The summed E-state index contributed by atoms with van der Waals surface area (Å²) in [6.45, 7) is 5.74. The van der Waals surface area contributed by atoms with Crippen molar-refractivity contribution in [2.24, 2.45) is 0 Å². The number of halogens is 3. The van der Waals surface area contributed by atoms with Gasteiger partial charge in [-0.3, -0.25) is 4.40 Å². The van der Waals surface area contributed by atoms with E-state index in [0.29, 0.717) is 28.8 Å². The molecule has 1 aliphatic rings. The lowest BCUT2D eigenvalue weighted by Crippen LogP contribution is -2.30. The van der Waals surface area contributed by atoms with Crippen molar-refractivity contribution < 1.29 is 9.13 Å². The molecular weight excluding hydrogens is 492 g/mol. The number of ether oxygens (including phenoxy) is 1. The molecule has 3 aromatic heterocycles. The predicted molar refractivity (Wildman–Crippen MR) is 133 cm³/mol. The number of nitrogens with zero attached hydrogens (tertiary/aromatic N) is 6. The third-order valence-electron chi connectivity index (χ3n) is 6.24. The van der Waals surface area contributed by atoms with E-state index in [2.05, 4.69) is 26.7 Å². The van der Waals surface area contributed by atoms with Crippen LogP contribution in [0.1, 0.15) is 48.9 Å². The fourth-order valence-corrected chi connectivity index (χ4v) is 4.78. The fourth-order valence-electron chi connectivity index (χ4n) is 4.46. The van der Waals surface area contributed by atoms with Crippen LogP contribution < -0.4 is 10.1 Å². The van der Waals surface area contributed by atoms with E-state index >= 15 is 0 Å². The third kappa shape index (κ3) is 4.69. The monoisotopic (exact) mass is 515 g/mol. The molecule has 0 unspecified atom stereocenters. The van der Waals surface area contributed by atoms with Crippen LogP contribution in [0, 0.1) is 24.1 Å². The molecule has 1 N–H and O–H groups in total. The van der Waals surface area contributed by atoms with Crippen LogP contribution in [0.3, 0.4) is 0 Å². The second-order valence-electron chi connectivity index (χ2n) is 8.41. The predicted octanol–water partition coefficient (Wildman–Crippen LogP) is 5.05. The van der Waals surface area contributed by atoms with Crippen LogP contribution in [-0.4, -0.2) is 37.5 Å². The van der Waals surface area contributed by atoms with Crippen LogP contribution in [0.15, 0.2) is 36.5 Å². The molecule has 1 atom stereocenters. The Morgan fingerprint density at radius 2 is 2.03 bits per heavy atom. The Hall–Kier alpha value is -3.19. The number of rotatable bonds is 5. The lowest BCUT2D eigenvalue weighted by atomic mass is 10.1. The highest BCUT2D eigenvalue weighted by molar-refractivity contribution is 6.31. The molecule has 0 spiro atoms. The molecule has 0 amide bonds. The van der Waals surface area contributed by atoms with Gasteiger partial charge >= 0.3 is 0 Å². The van der Waals surface area contributed by atoms with E-state index in [1.165, 1.54) is 18.3 Å². The minimum absolute atomic E-state index is 0. The molecule has 1 aliphatic heterocycles. The van der Waals surface area contributed by atoms with Crippen molar-refractivity contribution in [3.05, 3.63) is 64.3 Å². The highest BCUT2D eigenvalue weighted by Crippen LogP contribution is 2.33. The van der Waals surface area contributed by atoms with Gasteiger partial charge in [0.1, 0.15) is 35.0 Å². The number of imidazole rings is 1. The first-order valence-electron chi connectivity index (χ1n) is 11.1. The average molecular weight is 516 g/mol. The van der Waals surface area contributed by atoms with Crippen molar-refractivity contribution >= 4 is 29.7 Å². The maximum absolute atomic E-state index is 13.5. The summed E-state index contributed by atoms with van der Waals surface area (Å²) < 4.78 is 23.4. The van der Waals surface area contributed by atoms with Crippen molar-refractivity contribution in [3.8, 4) is 23.2 Å². The van der Waals surface area contributed by atoms with Crippen LogP contribution in [-0.2, 0) is 0 Å². The minimum atomic E-state index is -0.507. The normalized spacial score (nSPS) is 14.9. The Bertz CT molecular complexity index is 1410. The summed E-state index contributed by atoms with van der Waals surface area (Å²) in [5.41, 5.74) is 4.01. The third-order valence-corrected chi connectivity index (χ3v) is 6.57. The van der Waals surface area contributed by atoms with Crippen LogP contribution in [0.25, 0.3) is 16.9 Å². The van der Waals surface area contributed by atoms with Gasteiger partial charge in [0.2, 0.25) is 5.88 Å². The molecule has 1 saturated heterocycles. The maximum Gasteiger partial charge on any atom is 0.201 e. The molecule has 1 aromatic carbocycles. The molecule has 5 rings (SSSR count). The average Bonchev–Trinajstić information content (AvgIpc) is 3.42. The van der Waals surface area contributed by atoms with Gasteiger partial charge in [0.25, 0.3) is 0 Å². The second-order valence-corrected chi connectivity index (χ2v) is 8.81. The summed E-state index contributed by atoms with van der Waals surface area (Å²) in [7, 11) is 0. The van der Waals surface area contributed by atoms with Gasteiger partial charge in [-0.25, -0.2) is 14.1 Å². The largest absolute Gasteiger partial charge is 0.471 e. The summed E-state index contributed by atoms with van der Waals surface area (Å²) in [6.07, 6.45) is 2.99. The number of benzene rings is 1. The molecule has 182 valence electrons. The Balaban J connectivity index is 0.00000289. The zero-order valence-corrected chi connectivity index (χ0v) is 20.8. The van der Waals surface area contributed by atoms with E-state index in [-0.39, 0.29) is 17.4 Å². The van der Waals surface area contributed by atoms with Crippen molar-refractivity contribution in [1.29, 1.82) is 5.26 Å². The SMILES string of the molecule is Cc1c(-c2cc(O[C@H](C)c3ccc(F)cc3Cl)n3c(C#N)cnc3c2)nnn1C1CCNCC1.Cl. The first-order valence-corrected chi connectivity index (χ1v) is 11.5. The Morgan fingerprint density at radius 3 is 2.74 bits per heavy atom. The van der Waals surface area contributed by atoms with Crippen LogP contribution >= 0.6 is 24.0 Å². The molecule has 4 heterocycles. The van der Waals surface area contributed by atoms with Crippen LogP contribution in [0.5, 0.6) is 5.88 Å². The zero-order chi connectivity index (χ0) is 23.8. The highest BCUT2D eigenvalue weighted by Gasteiger charge is 2.23. The first kappa shape index (κ1) is 24.9. The Morgan fingerprint density at radius 1 is 1.26 bits per heavy atom. The molecule has 1 fully saturated rings.